The van der Waals surface area contributed by atoms with Gasteiger partial charge in [0.1, 0.15) is 0 Å². The van der Waals surface area contributed by atoms with Crippen LogP contribution in [0.1, 0.15) is 12.8 Å². The molecule has 1 aliphatic heterocycles. The minimum Gasteiger partial charge on any atom is -0.369 e. The predicted molar refractivity (Wildman–Crippen MR) is 84.0 cm³/mol. The van der Waals surface area contributed by atoms with Crippen molar-refractivity contribution >= 4 is 27.3 Å². The van der Waals surface area contributed by atoms with Gasteiger partial charge in [0.25, 0.3) is 0 Å². The van der Waals surface area contributed by atoms with Crippen molar-refractivity contribution in [3.8, 4) is 0 Å². The number of hydrogen-bond donors (Lipinski definition) is 0. The van der Waals surface area contributed by atoms with Crippen LogP contribution in [-0.2, 0) is 10.0 Å². The van der Waals surface area contributed by atoms with Crippen molar-refractivity contribution in [3.05, 3.63) is 30.3 Å². The van der Waals surface area contributed by atoms with Crippen molar-refractivity contribution in [1.82, 2.24) is 4.31 Å². The van der Waals surface area contributed by atoms with Gasteiger partial charge in [0.2, 0.25) is 10.0 Å². The van der Waals surface area contributed by atoms with Gasteiger partial charge in [-0.2, -0.15) is 4.31 Å². The number of anilines is 1. The summed E-state index contributed by atoms with van der Waals surface area (Å²) in [5.41, 5.74) is 1.16. The first-order valence-corrected chi connectivity index (χ1v) is 9.11. The number of nitrogens with zero attached hydrogens (tertiary/aromatic N) is 2. The van der Waals surface area contributed by atoms with Gasteiger partial charge in [0.05, 0.1) is 5.75 Å². The molecule has 1 aromatic rings. The second-order valence-electron chi connectivity index (χ2n) is 4.93. The molecule has 0 radical (unpaired) electrons. The lowest BCUT2D eigenvalue weighted by atomic mass is 10.2. The molecule has 0 amide bonds. The average Bonchev–Trinajstić information content (AvgIpc) is 2.48. The van der Waals surface area contributed by atoms with Crippen molar-refractivity contribution in [2.45, 2.75) is 12.8 Å². The number of hydrogen-bond acceptors (Lipinski definition) is 3. The number of halogens is 1. The Labute approximate surface area is 126 Å². The third-order valence-electron chi connectivity index (χ3n) is 3.54. The van der Waals surface area contributed by atoms with E-state index in [0.29, 0.717) is 25.4 Å². The van der Waals surface area contributed by atoms with Gasteiger partial charge < -0.3 is 4.90 Å². The molecule has 0 aliphatic carbocycles. The van der Waals surface area contributed by atoms with Crippen molar-refractivity contribution in [3.63, 3.8) is 0 Å². The van der Waals surface area contributed by atoms with E-state index in [0.717, 1.165) is 25.2 Å². The van der Waals surface area contributed by atoms with E-state index in [4.69, 9.17) is 11.6 Å². The first-order valence-electron chi connectivity index (χ1n) is 6.97. The van der Waals surface area contributed by atoms with Crippen LogP contribution in [0.4, 0.5) is 5.69 Å². The molecule has 0 spiro atoms. The molecule has 112 valence electrons. The average molecular weight is 317 g/mol. The molecule has 0 bridgehead atoms. The van der Waals surface area contributed by atoms with Gasteiger partial charge in [-0.05, 0) is 25.0 Å². The van der Waals surface area contributed by atoms with E-state index in [1.54, 1.807) is 4.31 Å². The Morgan fingerprint density at radius 3 is 2.25 bits per heavy atom. The molecule has 2 rings (SSSR count). The van der Waals surface area contributed by atoms with Crippen molar-refractivity contribution in [2.24, 2.45) is 0 Å². The van der Waals surface area contributed by atoms with Gasteiger partial charge in [-0.3, -0.25) is 0 Å². The fourth-order valence-electron chi connectivity index (χ4n) is 2.37. The number of unbranched alkanes of at least 4 members (excludes halogenated alkanes) is 1. The first kappa shape index (κ1) is 15.6. The standard InChI is InChI=1S/C14H21ClN2O2S/c15-8-4-5-13-20(18,19)17-11-9-16(10-12-17)14-6-2-1-3-7-14/h1-3,6-7H,4-5,8-13H2. The Hall–Kier alpha value is -0.780. The second-order valence-corrected chi connectivity index (χ2v) is 7.40. The van der Waals surface area contributed by atoms with Gasteiger partial charge in [0.15, 0.2) is 0 Å². The highest BCUT2D eigenvalue weighted by atomic mass is 35.5. The summed E-state index contributed by atoms with van der Waals surface area (Å²) in [5, 5.41) is 0. The second kappa shape index (κ2) is 7.29. The molecule has 0 unspecified atom stereocenters. The molecule has 1 saturated heterocycles. The molecule has 0 N–H and O–H groups in total. The third-order valence-corrected chi connectivity index (χ3v) is 5.76. The number of alkyl halides is 1. The fraction of sp³-hybridized carbons (Fsp3) is 0.571. The molecular weight excluding hydrogens is 296 g/mol. The zero-order valence-electron chi connectivity index (χ0n) is 11.5. The Bertz CT molecular complexity index is 499. The zero-order valence-corrected chi connectivity index (χ0v) is 13.1. The molecule has 0 atom stereocenters. The monoisotopic (exact) mass is 316 g/mol. The fourth-order valence-corrected chi connectivity index (χ4v) is 4.11. The smallest absolute Gasteiger partial charge is 0.214 e. The largest absolute Gasteiger partial charge is 0.369 e. The molecule has 1 aromatic carbocycles. The molecule has 4 nitrogen and oxygen atoms in total. The van der Waals surface area contributed by atoms with Crippen LogP contribution in [0.15, 0.2) is 30.3 Å². The van der Waals surface area contributed by atoms with Crippen LogP contribution >= 0.6 is 11.6 Å². The SMILES string of the molecule is O=S(=O)(CCCCCl)N1CCN(c2ccccc2)CC1. The molecule has 0 saturated carbocycles. The number of sulfonamides is 1. The molecular formula is C14H21ClN2O2S. The normalized spacial score (nSPS) is 17.4. The summed E-state index contributed by atoms with van der Waals surface area (Å²) in [5.74, 6) is 0.738. The maximum atomic E-state index is 12.2. The van der Waals surface area contributed by atoms with Crippen LogP contribution in [0.3, 0.4) is 0 Å². The maximum Gasteiger partial charge on any atom is 0.214 e. The molecule has 6 heteroatoms. The minimum absolute atomic E-state index is 0.213. The molecule has 1 heterocycles. The predicted octanol–water partition coefficient (Wildman–Crippen LogP) is 2.16. The third kappa shape index (κ3) is 4.11. The van der Waals surface area contributed by atoms with Crippen LogP contribution in [-0.4, -0.2) is 50.5 Å². The van der Waals surface area contributed by atoms with E-state index < -0.39 is 10.0 Å². The van der Waals surface area contributed by atoms with Crippen LogP contribution < -0.4 is 4.90 Å². The summed E-state index contributed by atoms with van der Waals surface area (Å²) in [6.07, 6.45) is 1.40. The summed E-state index contributed by atoms with van der Waals surface area (Å²) >= 11 is 5.59. The zero-order chi connectivity index (χ0) is 14.4. The lowest BCUT2D eigenvalue weighted by Gasteiger charge is -2.35. The van der Waals surface area contributed by atoms with Gasteiger partial charge in [0, 0.05) is 37.7 Å². The molecule has 20 heavy (non-hydrogen) atoms. The number of para-hydroxylation sites is 1. The van der Waals surface area contributed by atoms with E-state index in [-0.39, 0.29) is 5.75 Å². The molecule has 1 aliphatic rings. The number of rotatable bonds is 6. The summed E-state index contributed by atoms with van der Waals surface area (Å²) in [4.78, 5) is 2.23. The van der Waals surface area contributed by atoms with E-state index in [9.17, 15) is 8.42 Å². The first-order chi connectivity index (χ1) is 9.63. The summed E-state index contributed by atoms with van der Waals surface area (Å²) in [7, 11) is -3.11. The lowest BCUT2D eigenvalue weighted by molar-refractivity contribution is 0.384. The Morgan fingerprint density at radius 1 is 1.00 bits per heavy atom. The van der Waals surface area contributed by atoms with E-state index in [1.165, 1.54) is 0 Å². The highest BCUT2D eigenvalue weighted by Gasteiger charge is 2.26. The van der Waals surface area contributed by atoms with Crippen LogP contribution in [0.25, 0.3) is 0 Å². The quantitative estimate of drug-likeness (QED) is 0.596. The van der Waals surface area contributed by atoms with Gasteiger partial charge >= 0.3 is 0 Å². The highest BCUT2D eigenvalue weighted by Crippen LogP contribution is 2.17. The molecule has 1 fully saturated rings. The van der Waals surface area contributed by atoms with E-state index >= 15 is 0 Å². The van der Waals surface area contributed by atoms with Crippen LogP contribution in [0, 0.1) is 0 Å². The van der Waals surface area contributed by atoms with Gasteiger partial charge in [-0.25, -0.2) is 8.42 Å². The maximum absolute atomic E-state index is 12.2. The summed E-state index contributed by atoms with van der Waals surface area (Å²) in [6.45, 7) is 2.63. The summed E-state index contributed by atoms with van der Waals surface area (Å²) in [6, 6.07) is 10.1. The van der Waals surface area contributed by atoms with Crippen molar-refractivity contribution in [2.75, 3.05) is 42.7 Å². The van der Waals surface area contributed by atoms with Crippen molar-refractivity contribution in [1.29, 1.82) is 0 Å². The summed E-state index contributed by atoms with van der Waals surface area (Å²) < 4.78 is 25.9. The van der Waals surface area contributed by atoms with Crippen LogP contribution in [0.2, 0.25) is 0 Å². The Morgan fingerprint density at radius 2 is 1.65 bits per heavy atom. The number of piperazine rings is 1. The Kier molecular flexibility index (Phi) is 5.69. The van der Waals surface area contributed by atoms with Crippen molar-refractivity contribution < 1.29 is 8.42 Å². The highest BCUT2D eigenvalue weighted by molar-refractivity contribution is 7.89. The molecule has 0 aromatic heterocycles. The van der Waals surface area contributed by atoms with E-state index in [2.05, 4.69) is 17.0 Å². The minimum atomic E-state index is -3.11. The van der Waals surface area contributed by atoms with Crippen LogP contribution in [0.5, 0.6) is 0 Å². The lowest BCUT2D eigenvalue weighted by Crippen LogP contribution is -2.49. The van der Waals surface area contributed by atoms with Gasteiger partial charge in [-0.15, -0.1) is 11.6 Å². The van der Waals surface area contributed by atoms with E-state index in [1.807, 2.05) is 18.2 Å². The Balaban J connectivity index is 1.88. The topological polar surface area (TPSA) is 40.6 Å². The van der Waals surface area contributed by atoms with Gasteiger partial charge in [-0.1, -0.05) is 18.2 Å². The number of benzene rings is 1.